The second-order valence-corrected chi connectivity index (χ2v) is 5.31. The predicted molar refractivity (Wildman–Crippen MR) is 83.5 cm³/mol. The van der Waals surface area contributed by atoms with Gasteiger partial charge in [0.15, 0.2) is 0 Å². The Morgan fingerprint density at radius 3 is 2.18 bits per heavy atom. The van der Waals surface area contributed by atoms with Crippen molar-refractivity contribution >= 4 is 29.1 Å². The van der Waals surface area contributed by atoms with Crippen molar-refractivity contribution in [3.63, 3.8) is 0 Å². The third-order valence-electron chi connectivity index (χ3n) is 3.43. The minimum absolute atomic E-state index is 0.197. The summed E-state index contributed by atoms with van der Waals surface area (Å²) >= 11 is 0. The lowest BCUT2D eigenvalue weighted by molar-refractivity contribution is -0.144. The minimum atomic E-state index is -0.662. The van der Waals surface area contributed by atoms with Gasteiger partial charge in [0.2, 0.25) is 5.91 Å². The highest BCUT2D eigenvalue weighted by Crippen LogP contribution is 2.15. The van der Waals surface area contributed by atoms with Gasteiger partial charge in [-0.15, -0.1) is 0 Å². The van der Waals surface area contributed by atoms with Crippen LogP contribution in [-0.4, -0.2) is 60.7 Å². The van der Waals surface area contributed by atoms with Crippen molar-refractivity contribution in [2.75, 3.05) is 43.9 Å². The molecule has 3 amide bonds. The lowest BCUT2D eigenvalue weighted by Gasteiger charge is -2.31. The lowest BCUT2D eigenvalue weighted by Crippen LogP contribution is -2.50. The maximum Gasteiger partial charge on any atom is 0.313 e. The summed E-state index contributed by atoms with van der Waals surface area (Å²) in [7, 11) is 1.98. The average Bonchev–Trinajstić information content (AvgIpc) is 2.47. The molecule has 22 heavy (non-hydrogen) atoms. The maximum absolute atomic E-state index is 12.1. The average molecular weight is 304 g/mol. The molecule has 7 heteroatoms. The van der Waals surface area contributed by atoms with E-state index >= 15 is 0 Å². The Morgan fingerprint density at radius 2 is 1.59 bits per heavy atom. The molecular formula is C15H20N4O3. The monoisotopic (exact) mass is 304 g/mol. The van der Waals surface area contributed by atoms with Crippen LogP contribution >= 0.6 is 0 Å². The van der Waals surface area contributed by atoms with Gasteiger partial charge < -0.3 is 20.4 Å². The number of hydrogen-bond acceptors (Lipinski definition) is 4. The first-order valence-electron chi connectivity index (χ1n) is 7.12. The molecule has 0 atom stereocenters. The van der Waals surface area contributed by atoms with Crippen LogP contribution in [0.1, 0.15) is 6.92 Å². The van der Waals surface area contributed by atoms with Crippen molar-refractivity contribution in [2.24, 2.45) is 0 Å². The molecule has 1 aromatic carbocycles. The van der Waals surface area contributed by atoms with Gasteiger partial charge in [-0.3, -0.25) is 14.4 Å². The Balaban J connectivity index is 1.96. The Bertz CT molecular complexity index is 580. The molecule has 1 saturated heterocycles. The van der Waals surface area contributed by atoms with Gasteiger partial charge in [-0.2, -0.15) is 0 Å². The number of hydrogen-bond donors (Lipinski definition) is 2. The van der Waals surface area contributed by atoms with Crippen LogP contribution in [0.3, 0.4) is 0 Å². The molecule has 1 fully saturated rings. The zero-order valence-electron chi connectivity index (χ0n) is 12.8. The number of nitrogens with zero attached hydrogens (tertiary/aromatic N) is 2. The second-order valence-electron chi connectivity index (χ2n) is 5.31. The number of carbonyl (C=O) groups excluding carboxylic acids is 3. The zero-order valence-corrected chi connectivity index (χ0v) is 12.8. The van der Waals surface area contributed by atoms with Crippen LogP contribution in [0.4, 0.5) is 11.4 Å². The summed E-state index contributed by atoms with van der Waals surface area (Å²) in [5, 5.41) is 5.19. The molecule has 1 aliphatic heterocycles. The molecule has 1 aromatic rings. The van der Waals surface area contributed by atoms with Crippen LogP contribution in [-0.2, 0) is 14.4 Å². The van der Waals surface area contributed by atoms with Crippen molar-refractivity contribution in [3.05, 3.63) is 24.3 Å². The van der Waals surface area contributed by atoms with E-state index in [0.717, 1.165) is 13.1 Å². The SMILES string of the molecule is CC(=O)Nc1cccc(NC(=O)C(=O)N2CCN(C)CC2)c1. The van der Waals surface area contributed by atoms with Gasteiger partial charge in [0.1, 0.15) is 0 Å². The minimum Gasteiger partial charge on any atom is -0.332 e. The van der Waals surface area contributed by atoms with Crippen LogP contribution in [0.5, 0.6) is 0 Å². The van der Waals surface area contributed by atoms with E-state index in [1.54, 1.807) is 29.2 Å². The van der Waals surface area contributed by atoms with Gasteiger partial charge in [-0.1, -0.05) is 6.07 Å². The number of amides is 3. The number of nitrogens with one attached hydrogen (secondary N) is 2. The van der Waals surface area contributed by atoms with Crippen LogP contribution < -0.4 is 10.6 Å². The summed E-state index contributed by atoms with van der Waals surface area (Å²) in [4.78, 5) is 38.8. The number of rotatable bonds is 2. The first kappa shape index (κ1) is 16.0. The fourth-order valence-electron chi connectivity index (χ4n) is 2.22. The van der Waals surface area contributed by atoms with Crippen molar-refractivity contribution in [1.29, 1.82) is 0 Å². The summed E-state index contributed by atoms with van der Waals surface area (Å²) in [6.07, 6.45) is 0. The fraction of sp³-hybridized carbons (Fsp3) is 0.400. The summed E-state index contributed by atoms with van der Waals surface area (Å²) in [5.41, 5.74) is 1.04. The smallest absolute Gasteiger partial charge is 0.313 e. The molecule has 0 unspecified atom stereocenters. The van der Waals surface area contributed by atoms with E-state index < -0.39 is 11.8 Å². The number of piperazine rings is 1. The number of likely N-dealkylation sites (N-methyl/N-ethyl adjacent to an activating group) is 1. The Morgan fingerprint density at radius 1 is 1.00 bits per heavy atom. The largest absolute Gasteiger partial charge is 0.332 e. The summed E-state index contributed by atoms with van der Waals surface area (Å²) in [6.45, 7) is 4.03. The van der Waals surface area contributed by atoms with Crippen molar-refractivity contribution < 1.29 is 14.4 Å². The van der Waals surface area contributed by atoms with E-state index in [1.165, 1.54) is 6.92 Å². The Hall–Kier alpha value is -2.41. The molecular weight excluding hydrogens is 284 g/mol. The highest BCUT2D eigenvalue weighted by molar-refractivity contribution is 6.39. The number of anilines is 2. The normalized spacial score (nSPS) is 15.3. The van der Waals surface area contributed by atoms with E-state index in [2.05, 4.69) is 15.5 Å². The zero-order chi connectivity index (χ0) is 16.1. The van der Waals surface area contributed by atoms with Crippen LogP contribution in [0.25, 0.3) is 0 Å². The molecule has 1 aliphatic rings. The molecule has 2 rings (SSSR count). The summed E-state index contributed by atoms with van der Waals surface area (Å²) < 4.78 is 0. The quantitative estimate of drug-likeness (QED) is 0.773. The molecule has 0 aliphatic carbocycles. The number of benzene rings is 1. The molecule has 2 N–H and O–H groups in total. The Labute approximate surface area is 129 Å². The van der Waals surface area contributed by atoms with Crippen molar-refractivity contribution in [2.45, 2.75) is 6.92 Å². The first-order chi connectivity index (χ1) is 10.5. The standard InChI is InChI=1S/C15H20N4O3/c1-11(20)16-12-4-3-5-13(10-12)17-14(21)15(22)19-8-6-18(2)7-9-19/h3-5,10H,6-9H2,1-2H3,(H,16,20)(H,17,21). The van der Waals surface area contributed by atoms with E-state index in [0.29, 0.717) is 24.5 Å². The molecule has 7 nitrogen and oxygen atoms in total. The molecule has 0 saturated carbocycles. The first-order valence-corrected chi connectivity index (χ1v) is 7.12. The van der Waals surface area contributed by atoms with E-state index in [-0.39, 0.29) is 5.91 Å². The van der Waals surface area contributed by atoms with Gasteiger partial charge in [0.05, 0.1) is 0 Å². The summed E-state index contributed by atoms with van der Waals surface area (Å²) in [5.74, 6) is -1.39. The van der Waals surface area contributed by atoms with Gasteiger partial charge in [-0.25, -0.2) is 0 Å². The molecule has 0 bridgehead atoms. The van der Waals surface area contributed by atoms with Crippen molar-refractivity contribution in [3.8, 4) is 0 Å². The highest BCUT2D eigenvalue weighted by atomic mass is 16.2. The molecule has 1 heterocycles. The van der Waals surface area contributed by atoms with E-state index in [4.69, 9.17) is 0 Å². The van der Waals surface area contributed by atoms with Gasteiger partial charge >= 0.3 is 11.8 Å². The molecule has 0 spiro atoms. The van der Waals surface area contributed by atoms with Gasteiger partial charge in [0, 0.05) is 44.5 Å². The van der Waals surface area contributed by atoms with Gasteiger partial charge in [-0.05, 0) is 25.2 Å². The summed E-state index contributed by atoms with van der Waals surface area (Å²) in [6, 6.07) is 6.68. The maximum atomic E-state index is 12.1. The Kier molecular flexibility index (Phi) is 5.11. The second kappa shape index (κ2) is 7.04. The number of carbonyl (C=O) groups is 3. The predicted octanol–water partition coefficient (Wildman–Crippen LogP) is 0.357. The van der Waals surface area contributed by atoms with Gasteiger partial charge in [0.25, 0.3) is 0 Å². The van der Waals surface area contributed by atoms with Crippen LogP contribution in [0.2, 0.25) is 0 Å². The lowest BCUT2D eigenvalue weighted by atomic mass is 10.2. The molecule has 118 valence electrons. The van der Waals surface area contributed by atoms with Crippen LogP contribution in [0.15, 0.2) is 24.3 Å². The van der Waals surface area contributed by atoms with Crippen LogP contribution in [0, 0.1) is 0 Å². The topological polar surface area (TPSA) is 81.8 Å². The van der Waals surface area contributed by atoms with Crippen molar-refractivity contribution in [1.82, 2.24) is 9.80 Å². The highest BCUT2D eigenvalue weighted by Gasteiger charge is 2.24. The molecule has 0 radical (unpaired) electrons. The third-order valence-corrected chi connectivity index (χ3v) is 3.43. The third kappa shape index (κ3) is 4.29. The van der Waals surface area contributed by atoms with E-state index in [9.17, 15) is 14.4 Å². The molecule has 0 aromatic heterocycles. The fourth-order valence-corrected chi connectivity index (χ4v) is 2.22. The van der Waals surface area contributed by atoms with E-state index in [1.807, 2.05) is 7.05 Å².